The molecule has 0 spiro atoms. The third kappa shape index (κ3) is 6.28. The average molecular weight is 830 g/mol. The van der Waals surface area contributed by atoms with Gasteiger partial charge in [0.1, 0.15) is 22.3 Å². The predicted molar refractivity (Wildman–Crippen MR) is 272 cm³/mol. The maximum absolute atomic E-state index is 6.51. The Morgan fingerprint density at radius 3 is 1.32 bits per heavy atom. The minimum Gasteiger partial charge on any atom is -0.455 e. The van der Waals surface area contributed by atoms with Gasteiger partial charge in [0.15, 0.2) is 0 Å². The van der Waals surface area contributed by atoms with Gasteiger partial charge in [-0.1, -0.05) is 176 Å². The van der Waals surface area contributed by atoms with Gasteiger partial charge >= 0.3 is 0 Å². The molecule has 13 aromatic rings. The molecule has 0 unspecified atom stereocenters. The maximum atomic E-state index is 6.51. The second-order valence-corrected chi connectivity index (χ2v) is 16.8. The van der Waals surface area contributed by atoms with Crippen molar-refractivity contribution in [1.82, 2.24) is 0 Å². The standard InChI is InChI=1S/C62H39NO2/c1-2-10-42(11-3-1)52-15-9-18-56-58-39-47(30-37-60(58)65-62(52)56)41-26-33-49(34-27-41)63(50-35-28-44(29-36-50)53-16-8-17-55-54-14-6-7-19-59(54)64-61(53)55)48-31-24-40(25-32-48)46-23-22-45-21-20-43-12-4-5-13-51(43)57(45)38-46/h1-39H. The summed E-state index contributed by atoms with van der Waals surface area (Å²) < 4.78 is 13.0. The van der Waals surface area contributed by atoms with Crippen molar-refractivity contribution < 1.29 is 8.83 Å². The first-order chi connectivity index (χ1) is 32.2. The van der Waals surface area contributed by atoms with Gasteiger partial charge in [-0.15, -0.1) is 0 Å². The summed E-state index contributed by atoms with van der Waals surface area (Å²) in [5.74, 6) is 0. The molecule has 0 saturated heterocycles. The molecule has 0 amide bonds. The molecule has 0 aliphatic carbocycles. The molecular formula is C62H39NO2. The summed E-state index contributed by atoms with van der Waals surface area (Å²) >= 11 is 0. The van der Waals surface area contributed by atoms with E-state index in [4.69, 9.17) is 8.83 Å². The molecule has 0 aliphatic heterocycles. The van der Waals surface area contributed by atoms with Crippen molar-refractivity contribution in [3.63, 3.8) is 0 Å². The molecule has 0 atom stereocenters. The molecule has 0 N–H and O–H groups in total. The van der Waals surface area contributed by atoms with E-state index in [-0.39, 0.29) is 0 Å². The number of hydrogen-bond donors (Lipinski definition) is 0. The number of nitrogens with zero attached hydrogens (tertiary/aromatic N) is 1. The number of anilines is 3. The highest BCUT2D eigenvalue weighted by atomic mass is 16.3. The number of furan rings is 2. The predicted octanol–water partition coefficient (Wildman–Crippen LogP) is 17.9. The van der Waals surface area contributed by atoms with E-state index in [0.717, 1.165) is 94.3 Å². The van der Waals surface area contributed by atoms with Crippen LogP contribution in [-0.4, -0.2) is 0 Å². The van der Waals surface area contributed by atoms with Crippen molar-refractivity contribution >= 4 is 82.5 Å². The lowest BCUT2D eigenvalue weighted by Crippen LogP contribution is -2.09. The molecular weight excluding hydrogens is 791 g/mol. The Labute approximate surface area is 375 Å². The topological polar surface area (TPSA) is 29.5 Å². The number of benzene rings is 11. The highest BCUT2D eigenvalue weighted by Gasteiger charge is 2.18. The van der Waals surface area contributed by atoms with E-state index < -0.39 is 0 Å². The van der Waals surface area contributed by atoms with Crippen LogP contribution in [0.5, 0.6) is 0 Å². The number of fused-ring (bicyclic) bond motifs is 9. The molecule has 2 heterocycles. The van der Waals surface area contributed by atoms with Crippen LogP contribution in [0.4, 0.5) is 17.1 Å². The van der Waals surface area contributed by atoms with Gasteiger partial charge in [0.25, 0.3) is 0 Å². The first-order valence-corrected chi connectivity index (χ1v) is 22.1. The summed E-state index contributed by atoms with van der Waals surface area (Å²) in [6.07, 6.45) is 0. The van der Waals surface area contributed by atoms with Crippen LogP contribution in [0, 0.1) is 0 Å². The van der Waals surface area contributed by atoms with Crippen LogP contribution in [0.3, 0.4) is 0 Å². The first-order valence-electron chi connectivity index (χ1n) is 22.1. The summed E-state index contributed by atoms with van der Waals surface area (Å²) in [4.78, 5) is 2.34. The molecule has 0 aliphatic rings. The van der Waals surface area contributed by atoms with Crippen molar-refractivity contribution in [2.75, 3.05) is 4.90 Å². The minimum absolute atomic E-state index is 0.885. The Morgan fingerprint density at radius 2 is 0.677 bits per heavy atom. The average Bonchev–Trinajstić information content (AvgIpc) is 3.96. The maximum Gasteiger partial charge on any atom is 0.143 e. The Bertz CT molecular complexity index is 3920. The van der Waals surface area contributed by atoms with Crippen molar-refractivity contribution in [2.24, 2.45) is 0 Å². The monoisotopic (exact) mass is 829 g/mol. The summed E-state index contributed by atoms with van der Waals surface area (Å²) in [6.45, 7) is 0. The van der Waals surface area contributed by atoms with Gasteiger partial charge in [0.2, 0.25) is 0 Å². The lowest BCUT2D eigenvalue weighted by atomic mass is 9.97. The van der Waals surface area contributed by atoms with E-state index >= 15 is 0 Å². The van der Waals surface area contributed by atoms with Crippen LogP contribution in [0.2, 0.25) is 0 Å². The van der Waals surface area contributed by atoms with E-state index in [1.165, 1.54) is 32.7 Å². The molecule has 11 aromatic carbocycles. The summed E-state index contributed by atoms with van der Waals surface area (Å²) in [7, 11) is 0. The second kappa shape index (κ2) is 15.0. The number of para-hydroxylation sites is 3. The van der Waals surface area contributed by atoms with Gasteiger partial charge in [0.05, 0.1) is 0 Å². The summed E-state index contributed by atoms with van der Waals surface area (Å²) in [6, 6.07) is 84.7. The fourth-order valence-corrected chi connectivity index (χ4v) is 9.82. The first kappa shape index (κ1) is 36.9. The van der Waals surface area contributed by atoms with Gasteiger partial charge < -0.3 is 13.7 Å². The summed E-state index contributed by atoms with van der Waals surface area (Å²) in [5.41, 5.74) is 15.9. The molecule has 3 heteroatoms. The Kier molecular flexibility index (Phi) is 8.53. The zero-order valence-electron chi connectivity index (χ0n) is 35.3. The highest BCUT2D eigenvalue weighted by molar-refractivity contribution is 6.12. The zero-order chi connectivity index (χ0) is 42.8. The molecule has 13 rings (SSSR count). The largest absolute Gasteiger partial charge is 0.455 e. The molecule has 304 valence electrons. The fourth-order valence-electron chi connectivity index (χ4n) is 9.82. The van der Waals surface area contributed by atoms with Crippen LogP contribution in [-0.2, 0) is 0 Å². The van der Waals surface area contributed by atoms with E-state index in [0.29, 0.717) is 0 Å². The lowest BCUT2D eigenvalue weighted by Gasteiger charge is -2.26. The Hall–Kier alpha value is -8.66. The highest BCUT2D eigenvalue weighted by Crippen LogP contribution is 2.42. The Morgan fingerprint density at radius 1 is 0.246 bits per heavy atom. The quantitative estimate of drug-likeness (QED) is 0.150. The van der Waals surface area contributed by atoms with Gasteiger partial charge in [0, 0.05) is 49.7 Å². The third-order valence-electron chi connectivity index (χ3n) is 13.1. The fraction of sp³-hybridized carbons (Fsp3) is 0. The van der Waals surface area contributed by atoms with Gasteiger partial charge in [-0.05, 0) is 116 Å². The van der Waals surface area contributed by atoms with E-state index in [2.05, 4.69) is 223 Å². The molecule has 0 radical (unpaired) electrons. The zero-order valence-corrected chi connectivity index (χ0v) is 35.3. The Balaban J connectivity index is 0.883. The summed E-state index contributed by atoms with van der Waals surface area (Å²) in [5, 5.41) is 9.52. The van der Waals surface area contributed by atoms with Crippen molar-refractivity contribution in [2.45, 2.75) is 0 Å². The molecule has 0 saturated carbocycles. The third-order valence-corrected chi connectivity index (χ3v) is 13.1. The van der Waals surface area contributed by atoms with Crippen molar-refractivity contribution in [3.05, 3.63) is 237 Å². The second-order valence-electron chi connectivity index (χ2n) is 16.8. The minimum atomic E-state index is 0.885. The van der Waals surface area contributed by atoms with Gasteiger partial charge in [-0.2, -0.15) is 0 Å². The van der Waals surface area contributed by atoms with Gasteiger partial charge in [-0.25, -0.2) is 0 Å². The van der Waals surface area contributed by atoms with Crippen LogP contribution >= 0.6 is 0 Å². The van der Waals surface area contributed by atoms with Crippen LogP contribution in [0.15, 0.2) is 245 Å². The number of rotatable bonds is 7. The lowest BCUT2D eigenvalue weighted by molar-refractivity contribution is 0.669. The van der Waals surface area contributed by atoms with E-state index in [1.54, 1.807) is 0 Å². The van der Waals surface area contributed by atoms with Crippen molar-refractivity contribution in [3.8, 4) is 44.5 Å². The SMILES string of the molecule is c1ccc(-c2cccc3c2oc2ccc(-c4ccc(N(c5ccc(-c6ccc7ccc8ccccc8c7c6)cc5)c5ccc(-c6cccc7c6oc6ccccc67)cc5)cc4)cc23)cc1. The van der Waals surface area contributed by atoms with Crippen LogP contribution in [0.25, 0.3) is 110 Å². The smallest absolute Gasteiger partial charge is 0.143 e. The molecule has 2 aromatic heterocycles. The van der Waals surface area contributed by atoms with E-state index in [1.807, 2.05) is 18.2 Å². The molecule has 0 fully saturated rings. The molecule has 65 heavy (non-hydrogen) atoms. The van der Waals surface area contributed by atoms with E-state index in [9.17, 15) is 0 Å². The molecule has 0 bridgehead atoms. The number of hydrogen-bond acceptors (Lipinski definition) is 3. The van der Waals surface area contributed by atoms with Crippen LogP contribution < -0.4 is 4.90 Å². The van der Waals surface area contributed by atoms with Crippen molar-refractivity contribution in [1.29, 1.82) is 0 Å². The normalized spacial score (nSPS) is 11.7. The van der Waals surface area contributed by atoms with Crippen LogP contribution in [0.1, 0.15) is 0 Å². The van der Waals surface area contributed by atoms with Gasteiger partial charge in [-0.3, -0.25) is 0 Å². The molecule has 3 nitrogen and oxygen atoms in total.